The van der Waals surface area contributed by atoms with Crippen molar-refractivity contribution >= 4 is 47.1 Å². The molecule has 330 valence electrons. The standard InChI is InChI=1S/C50H52N6O8/c1-32(50(63)64)51-47(60)42-31-36-19-24-39(25-20-36)52-44(57)27-28-45(58)53-41(29-34-13-7-3-8-14-34)48(61)56-43(30-35-17-22-38(23-18-35)37-15-9-4-10-16-37)49(62)54-40(46(59)55-42)26-21-33-11-5-2-6-12-33/h2-20,22-25,32,40-43H,21,26-31H2,1H3,(H,51,60)(H,52,57)(H,53,58)(H,54,62)(H,55,59)(H,56,61)(H,63,64). The van der Waals surface area contributed by atoms with Gasteiger partial charge in [-0.25, -0.2) is 0 Å². The lowest BCUT2D eigenvalue weighted by Gasteiger charge is -2.27. The van der Waals surface area contributed by atoms with Gasteiger partial charge in [0.25, 0.3) is 0 Å². The summed E-state index contributed by atoms with van der Waals surface area (Å²) in [6.07, 6.45) is 0.0126. The summed E-state index contributed by atoms with van der Waals surface area (Å²) in [6.45, 7) is 1.30. The predicted molar refractivity (Wildman–Crippen MR) is 241 cm³/mol. The molecule has 64 heavy (non-hydrogen) atoms. The molecule has 14 heteroatoms. The molecule has 7 rings (SSSR count). The van der Waals surface area contributed by atoms with Gasteiger partial charge >= 0.3 is 5.97 Å². The first-order valence-corrected chi connectivity index (χ1v) is 21.2. The fourth-order valence-electron chi connectivity index (χ4n) is 7.27. The van der Waals surface area contributed by atoms with Crippen LogP contribution in [0.4, 0.5) is 5.69 Å². The van der Waals surface area contributed by atoms with E-state index in [-0.39, 0.29) is 38.5 Å². The van der Waals surface area contributed by atoms with Crippen molar-refractivity contribution in [2.24, 2.45) is 0 Å². The van der Waals surface area contributed by atoms with Crippen LogP contribution in [0.1, 0.15) is 48.4 Å². The number of carbonyl (C=O) groups excluding carboxylic acids is 6. The summed E-state index contributed by atoms with van der Waals surface area (Å²) in [5.41, 5.74) is 5.23. The number of rotatable bonds is 11. The van der Waals surface area contributed by atoms with Gasteiger partial charge in [0.1, 0.15) is 30.2 Å². The van der Waals surface area contributed by atoms with Gasteiger partial charge in [0.15, 0.2) is 0 Å². The topological polar surface area (TPSA) is 212 Å². The third-order valence-electron chi connectivity index (χ3n) is 10.9. The molecule has 0 saturated heterocycles. The molecule has 5 atom stereocenters. The van der Waals surface area contributed by atoms with Gasteiger partial charge in [0, 0.05) is 37.8 Å². The lowest BCUT2D eigenvalue weighted by molar-refractivity contribution is -0.141. The molecule has 0 radical (unpaired) electrons. The highest BCUT2D eigenvalue weighted by Gasteiger charge is 2.33. The summed E-state index contributed by atoms with van der Waals surface area (Å²) in [7, 11) is 0. The molecule has 0 aromatic heterocycles. The summed E-state index contributed by atoms with van der Waals surface area (Å²) >= 11 is 0. The van der Waals surface area contributed by atoms with Crippen molar-refractivity contribution in [2.45, 2.75) is 82.1 Å². The fourth-order valence-corrected chi connectivity index (χ4v) is 7.27. The Bertz CT molecular complexity index is 2400. The minimum atomic E-state index is -1.28. The van der Waals surface area contributed by atoms with Gasteiger partial charge in [-0.2, -0.15) is 0 Å². The molecule has 7 N–H and O–H groups in total. The first kappa shape index (κ1) is 45.9. The Hall–Kier alpha value is -7.61. The van der Waals surface area contributed by atoms with Gasteiger partial charge in [-0.15, -0.1) is 0 Å². The van der Waals surface area contributed by atoms with Crippen LogP contribution in [0.3, 0.4) is 0 Å². The molecule has 5 aromatic carbocycles. The maximum Gasteiger partial charge on any atom is 0.325 e. The van der Waals surface area contributed by atoms with Crippen molar-refractivity contribution in [3.05, 3.63) is 162 Å². The van der Waals surface area contributed by atoms with E-state index in [9.17, 15) is 38.7 Å². The first-order chi connectivity index (χ1) is 30.9. The van der Waals surface area contributed by atoms with Crippen LogP contribution < -0.4 is 31.9 Å². The van der Waals surface area contributed by atoms with Crippen molar-refractivity contribution in [1.82, 2.24) is 26.6 Å². The molecule has 2 heterocycles. The molecule has 2 aliphatic rings. The number of carboxylic acid groups (broad SMARTS) is 1. The van der Waals surface area contributed by atoms with E-state index >= 15 is 0 Å². The Kier molecular flexibility index (Phi) is 16.1. The highest BCUT2D eigenvalue weighted by atomic mass is 16.4. The average Bonchev–Trinajstić information content (AvgIpc) is 3.30. The molecule has 5 aromatic rings. The minimum Gasteiger partial charge on any atom is -0.480 e. The number of carboxylic acids is 1. The lowest BCUT2D eigenvalue weighted by atomic mass is 9.98. The molecule has 0 aliphatic carbocycles. The third kappa shape index (κ3) is 13.7. The number of benzene rings is 5. The van der Waals surface area contributed by atoms with Gasteiger partial charge in [0.05, 0.1) is 0 Å². The zero-order valence-corrected chi connectivity index (χ0v) is 35.4. The van der Waals surface area contributed by atoms with Gasteiger partial charge in [-0.3, -0.25) is 33.6 Å². The summed E-state index contributed by atoms with van der Waals surface area (Å²) in [4.78, 5) is 95.2. The maximum absolute atomic E-state index is 14.6. The zero-order chi connectivity index (χ0) is 45.4. The number of aliphatic carboxylic acids is 1. The van der Waals surface area contributed by atoms with E-state index in [0.29, 0.717) is 23.2 Å². The quantitative estimate of drug-likeness (QED) is 0.0951. The van der Waals surface area contributed by atoms with Crippen molar-refractivity contribution in [1.29, 1.82) is 0 Å². The van der Waals surface area contributed by atoms with E-state index < -0.39 is 71.6 Å². The van der Waals surface area contributed by atoms with Crippen LogP contribution in [0.5, 0.6) is 0 Å². The van der Waals surface area contributed by atoms with E-state index in [4.69, 9.17) is 0 Å². The van der Waals surface area contributed by atoms with Crippen molar-refractivity contribution in [2.75, 3.05) is 5.32 Å². The van der Waals surface area contributed by atoms with Crippen LogP contribution in [0.15, 0.2) is 140 Å². The number of anilines is 1. The number of carbonyl (C=O) groups is 7. The summed E-state index contributed by atoms with van der Waals surface area (Å²) in [5.74, 6) is -5.13. The van der Waals surface area contributed by atoms with Crippen molar-refractivity contribution < 1.29 is 38.7 Å². The highest BCUT2D eigenvalue weighted by Crippen LogP contribution is 2.20. The van der Waals surface area contributed by atoms with Crippen LogP contribution in [-0.2, 0) is 59.2 Å². The molecule has 14 nitrogen and oxygen atoms in total. The smallest absolute Gasteiger partial charge is 0.325 e. The fraction of sp³-hybridized carbons (Fsp3) is 0.260. The second-order valence-corrected chi connectivity index (χ2v) is 15.8. The highest BCUT2D eigenvalue weighted by molar-refractivity contribution is 5.97. The largest absolute Gasteiger partial charge is 0.480 e. The Morgan fingerprint density at radius 2 is 1.08 bits per heavy atom. The molecule has 2 bridgehead atoms. The van der Waals surface area contributed by atoms with Crippen molar-refractivity contribution in [3.63, 3.8) is 0 Å². The van der Waals surface area contributed by atoms with Crippen LogP contribution >= 0.6 is 0 Å². The number of aryl methyl sites for hydroxylation is 1. The second-order valence-electron chi connectivity index (χ2n) is 15.8. The van der Waals surface area contributed by atoms with Gasteiger partial charge in [0.2, 0.25) is 35.4 Å². The van der Waals surface area contributed by atoms with E-state index in [1.54, 1.807) is 36.4 Å². The normalized spacial score (nSPS) is 19.4. The van der Waals surface area contributed by atoms with E-state index in [0.717, 1.165) is 22.3 Å². The molecular weight excluding hydrogens is 813 g/mol. The summed E-state index contributed by atoms with van der Waals surface area (Å²) in [5, 5.41) is 26.0. The van der Waals surface area contributed by atoms with Crippen LogP contribution in [0.25, 0.3) is 11.1 Å². The van der Waals surface area contributed by atoms with Crippen LogP contribution in [0.2, 0.25) is 0 Å². The first-order valence-electron chi connectivity index (χ1n) is 21.2. The molecule has 6 amide bonds. The van der Waals surface area contributed by atoms with E-state index in [2.05, 4.69) is 31.9 Å². The zero-order valence-electron chi connectivity index (χ0n) is 35.4. The molecule has 0 fully saturated rings. The summed E-state index contributed by atoms with van der Waals surface area (Å²) < 4.78 is 0. The second kappa shape index (κ2) is 22.5. The lowest BCUT2D eigenvalue weighted by Crippen LogP contribution is -2.59. The van der Waals surface area contributed by atoms with Crippen LogP contribution in [0, 0.1) is 0 Å². The Morgan fingerprint density at radius 3 is 1.69 bits per heavy atom. The Balaban J connectivity index is 1.36. The van der Waals surface area contributed by atoms with E-state index in [1.165, 1.54) is 6.92 Å². The molecule has 2 aliphatic heterocycles. The number of hydrogen-bond acceptors (Lipinski definition) is 7. The monoisotopic (exact) mass is 864 g/mol. The van der Waals surface area contributed by atoms with E-state index in [1.807, 2.05) is 103 Å². The Labute approximate surface area is 371 Å². The van der Waals surface area contributed by atoms with Gasteiger partial charge < -0.3 is 37.0 Å². The molecule has 0 saturated carbocycles. The van der Waals surface area contributed by atoms with Gasteiger partial charge in [-0.1, -0.05) is 127 Å². The number of hydrogen-bond donors (Lipinski definition) is 7. The average molecular weight is 865 g/mol. The maximum atomic E-state index is 14.6. The van der Waals surface area contributed by atoms with Crippen LogP contribution in [-0.4, -0.2) is 76.7 Å². The number of nitrogens with one attached hydrogen (secondary N) is 6. The van der Waals surface area contributed by atoms with Gasteiger partial charge in [-0.05, 0) is 65.3 Å². The Morgan fingerprint density at radius 1 is 0.578 bits per heavy atom. The van der Waals surface area contributed by atoms with Crippen molar-refractivity contribution in [3.8, 4) is 11.1 Å². The number of amides is 6. The molecule has 0 spiro atoms. The summed E-state index contributed by atoms with van der Waals surface area (Å²) in [6, 6.07) is 35.9. The third-order valence-corrected chi connectivity index (χ3v) is 10.9. The minimum absolute atomic E-state index is 0.000226. The molecular formula is C50H52N6O8. The number of fused-ring (bicyclic) bond motifs is 18. The predicted octanol–water partition coefficient (Wildman–Crippen LogP) is 4.28. The molecule has 5 unspecified atom stereocenters. The SMILES string of the molecule is CC(NC(=O)C1Cc2ccc(cc2)NC(=O)CCC(=O)NC(Cc2ccccc2)C(=O)NC(Cc2ccc(-c3ccccc3)cc2)C(=O)NC(CCc2ccccc2)C(=O)N1)C(=O)O.